The topological polar surface area (TPSA) is 38.0 Å². The molecule has 0 amide bonds. The Labute approximate surface area is 104 Å². The predicted octanol–water partition coefficient (Wildman–Crippen LogP) is 3.48. The Morgan fingerprint density at radius 3 is 2.65 bits per heavy atom. The molecule has 0 aromatic heterocycles. The van der Waals surface area contributed by atoms with Crippen LogP contribution >= 0.6 is 11.6 Å². The van der Waals surface area contributed by atoms with Crippen LogP contribution in [-0.2, 0) is 0 Å². The van der Waals surface area contributed by atoms with Crippen LogP contribution in [0.3, 0.4) is 0 Å². The molecule has 0 radical (unpaired) electrons. The Morgan fingerprint density at radius 1 is 1.47 bits per heavy atom. The van der Waals surface area contributed by atoms with E-state index >= 15 is 0 Å². The number of hydrogen-bond donors (Lipinski definition) is 2. The molecule has 94 valence electrons. The molecule has 1 aromatic rings. The first-order valence-corrected chi connectivity index (χ1v) is 5.58. The molecular formula is C12H15ClF2N2. The van der Waals surface area contributed by atoms with Gasteiger partial charge in [-0.3, -0.25) is 11.3 Å². The van der Waals surface area contributed by atoms with Crippen LogP contribution in [0.4, 0.5) is 8.78 Å². The maximum atomic E-state index is 13.6. The van der Waals surface area contributed by atoms with Gasteiger partial charge in [0.05, 0.1) is 5.02 Å². The number of nitrogens with one attached hydrogen (secondary N) is 1. The van der Waals surface area contributed by atoms with Crippen molar-refractivity contribution in [2.24, 2.45) is 5.84 Å². The van der Waals surface area contributed by atoms with E-state index in [1.54, 1.807) is 0 Å². The second kappa shape index (κ2) is 6.10. The van der Waals surface area contributed by atoms with Gasteiger partial charge in [0.25, 0.3) is 0 Å². The van der Waals surface area contributed by atoms with Gasteiger partial charge in [-0.1, -0.05) is 17.2 Å². The van der Waals surface area contributed by atoms with Crippen molar-refractivity contribution in [2.75, 3.05) is 0 Å². The van der Waals surface area contributed by atoms with Crippen molar-refractivity contribution in [2.45, 2.75) is 25.8 Å². The molecule has 0 saturated carbocycles. The van der Waals surface area contributed by atoms with E-state index < -0.39 is 17.7 Å². The minimum atomic E-state index is -0.654. The number of halogens is 3. The van der Waals surface area contributed by atoms with Gasteiger partial charge in [0, 0.05) is 11.6 Å². The average molecular weight is 261 g/mol. The summed E-state index contributed by atoms with van der Waals surface area (Å²) >= 11 is 5.48. The highest BCUT2D eigenvalue weighted by Crippen LogP contribution is 2.26. The second-order valence-corrected chi connectivity index (χ2v) is 4.41. The minimum absolute atomic E-state index is 0.177. The molecule has 17 heavy (non-hydrogen) atoms. The molecule has 5 heteroatoms. The Hall–Kier alpha value is -0.970. The van der Waals surface area contributed by atoms with Gasteiger partial charge >= 0.3 is 0 Å². The highest BCUT2D eigenvalue weighted by atomic mass is 35.5. The zero-order valence-corrected chi connectivity index (χ0v) is 10.3. The lowest BCUT2D eigenvalue weighted by Gasteiger charge is -2.17. The summed E-state index contributed by atoms with van der Waals surface area (Å²) in [5, 5.41) is -0.234. The Kier molecular flexibility index (Phi) is 5.05. The average Bonchev–Trinajstić information content (AvgIpc) is 2.25. The molecule has 2 nitrogen and oxygen atoms in total. The molecule has 0 aliphatic rings. The molecule has 0 aliphatic carbocycles. The number of allylic oxidation sites excluding steroid dienone is 1. The monoisotopic (exact) mass is 260 g/mol. The van der Waals surface area contributed by atoms with Gasteiger partial charge in [-0.25, -0.2) is 8.78 Å². The smallest absolute Gasteiger partial charge is 0.142 e. The first kappa shape index (κ1) is 14.1. The van der Waals surface area contributed by atoms with Gasteiger partial charge in [0.2, 0.25) is 0 Å². The predicted molar refractivity (Wildman–Crippen MR) is 65.5 cm³/mol. The van der Waals surface area contributed by atoms with Gasteiger partial charge in [0.1, 0.15) is 11.6 Å². The molecular weight excluding hydrogens is 246 g/mol. The van der Waals surface area contributed by atoms with Crippen molar-refractivity contribution >= 4 is 11.6 Å². The Bertz CT molecular complexity index is 421. The molecule has 1 aromatic carbocycles. The lowest BCUT2D eigenvalue weighted by molar-refractivity contribution is 0.479. The van der Waals surface area contributed by atoms with E-state index in [1.165, 1.54) is 0 Å². The third-order valence-corrected chi connectivity index (χ3v) is 2.77. The fourth-order valence-electron chi connectivity index (χ4n) is 1.52. The minimum Gasteiger partial charge on any atom is -0.271 e. The summed E-state index contributed by atoms with van der Waals surface area (Å²) in [6, 6.07) is 1.57. The van der Waals surface area contributed by atoms with Crippen LogP contribution in [0, 0.1) is 11.6 Å². The van der Waals surface area contributed by atoms with Crippen LogP contribution in [0.15, 0.2) is 24.3 Å². The van der Waals surface area contributed by atoms with Gasteiger partial charge in [-0.2, -0.15) is 0 Å². The third kappa shape index (κ3) is 3.77. The summed E-state index contributed by atoms with van der Waals surface area (Å²) in [7, 11) is 0. The molecule has 3 N–H and O–H groups in total. The third-order valence-electron chi connectivity index (χ3n) is 2.48. The van der Waals surface area contributed by atoms with Crippen molar-refractivity contribution in [3.8, 4) is 0 Å². The van der Waals surface area contributed by atoms with Crippen LogP contribution in [0.1, 0.15) is 31.4 Å². The number of benzene rings is 1. The van der Waals surface area contributed by atoms with Crippen molar-refractivity contribution < 1.29 is 8.78 Å². The van der Waals surface area contributed by atoms with E-state index in [1.807, 2.05) is 6.92 Å². The van der Waals surface area contributed by atoms with Gasteiger partial charge in [-0.05, 0) is 31.9 Å². The number of hydrogen-bond acceptors (Lipinski definition) is 2. The summed E-state index contributed by atoms with van der Waals surface area (Å²) in [6.45, 7) is 5.62. The second-order valence-electron chi connectivity index (χ2n) is 4.00. The standard InChI is InChI=1S/C12H15ClF2N2/c1-7(2)3-4-12(17-16)8-5-11(15)9(13)6-10(8)14/h5-6,12,17H,1,3-4,16H2,2H3. The molecule has 0 saturated heterocycles. The molecule has 0 heterocycles. The molecule has 0 bridgehead atoms. The number of rotatable bonds is 5. The molecule has 0 spiro atoms. The normalized spacial score (nSPS) is 12.5. The summed E-state index contributed by atoms with van der Waals surface area (Å²) in [5.74, 6) is 4.12. The van der Waals surface area contributed by atoms with Gasteiger partial charge in [-0.15, -0.1) is 6.58 Å². The zero-order chi connectivity index (χ0) is 13.0. The fraction of sp³-hybridized carbons (Fsp3) is 0.333. The van der Waals surface area contributed by atoms with E-state index in [4.69, 9.17) is 17.4 Å². The van der Waals surface area contributed by atoms with Crippen molar-refractivity contribution in [1.82, 2.24) is 5.43 Å². The lowest BCUT2D eigenvalue weighted by Crippen LogP contribution is -2.28. The van der Waals surface area contributed by atoms with Crippen LogP contribution < -0.4 is 11.3 Å². The first-order valence-electron chi connectivity index (χ1n) is 5.20. The van der Waals surface area contributed by atoms with Crippen molar-refractivity contribution in [1.29, 1.82) is 0 Å². The summed E-state index contributed by atoms with van der Waals surface area (Å²) in [5.41, 5.74) is 3.61. The van der Waals surface area contributed by atoms with E-state index in [2.05, 4.69) is 12.0 Å². The number of hydrazine groups is 1. The van der Waals surface area contributed by atoms with Crippen molar-refractivity contribution in [3.05, 3.63) is 46.5 Å². The lowest BCUT2D eigenvalue weighted by atomic mass is 10.00. The van der Waals surface area contributed by atoms with E-state index in [0.717, 1.165) is 17.7 Å². The fourth-order valence-corrected chi connectivity index (χ4v) is 1.67. The Balaban J connectivity index is 2.95. The van der Waals surface area contributed by atoms with E-state index in [0.29, 0.717) is 12.8 Å². The quantitative estimate of drug-likeness (QED) is 0.368. The maximum absolute atomic E-state index is 13.6. The largest absolute Gasteiger partial charge is 0.271 e. The highest BCUT2D eigenvalue weighted by molar-refractivity contribution is 6.30. The summed E-state index contributed by atoms with van der Waals surface area (Å²) < 4.78 is 26.9. The molecule has 0 aliphatic heterocycles. The first-order chi connectivity index (χ1) is 7.95. The van der Waals surface area contributed by atoms with Crippen LogP contribution in [0.25, 0.3) is 0 Å². The number of nitrogens with two attached hydrogens (primary N) is 1. The van der Waals surface area contributed by atoms with Gasteiger partial charge in [0.15, 0.2) is 0 Å². The molecule has 1 atom stereocenters. The van der Waals surface area contributed by atoms with E-state index in [-0.39, 0.29) is 10.6 Å². The summed E-state index contributed by atoms with van der Waals surface area (Å²) in [4.78, 5) is 0. The summed E-state index contributed by atoms with van der Waals surface area (Å²) in [6.07, 6.45) is 1.22. The van der Waals surface area contributed by atoms with Crippen molar-refractivity contribution in [3.63, 3.8) is 0 Å². The molecule has 0 fully saturated rings. The van der Waals surface area contributed by atoms with E-state index in [9.17, 15) is 8.78 Å². The Morgan fingerprint density at radius 2 is 2.12 bits per heavy atom. The zero-order valence-electron chi connectivity index (χ0n) is 9.56. The van der Waals surface area contributed by atoms with Crippen LogP contribution in [-0.4, -0.2) is 0 Å². The SMILES string of the molecule is C=C(C)CCC(NN)c1cc(F)c(Cl)cc1F. The van der Waals surface area contributed by atoms with Gasteiger partial charge < -0.3 is 0 Å². The highest BCUT2D eigenvalue weighted by Gasteiger charge is 2.17. The van der Waals surface area contributed by atoms with Crippen LogP contribution in [0.2, 0.25) is 5.02 Å². The van der Waals surface area contributed by atoms with Crippen LogP contribution in [0.5, 0.6) is 0 Å². The maximum Gasteiger partial charge on any atom is 0.142 e. The molecule has 1 unspecified atom stereocenters. The molecule has 1 rings (SSSR count).